The van der Waals surface area contributed by atoms with E-state index in [-0.39, 0.29) is 0 Å². The quantitative estimate of drug-likeness (QED) is 0.495. The lowest BCUT2D eigenvalue weighted by atomic mass is 10.0. The maximum absolute atomic E-state index is 5.66. The van der Waals surface area contributed by atoms with Crippen LogP contribution in [0.2, 0.25) is 0 Å². The Kier molecular flexibility index (Phi) is 7.46. The van der Waals surface area contributed by atoms with Crippen LogP contribution < -0.4 is 0 Å². The first-order valence-electron chi connectivity index (χ1n) is 6.61. The van der Waals surface area contributed by atoms with Crippen LogP contribution in [0.15, 0.2) is 0 Å². The Morgan fingerprint density at radius 1 is 1.07 bits per heavy atom. The number of alkyl halides is 1. The van der Waals surface area contributed by atoms with Crippen molar-refractivity contribution in [1.29, 1.82) is 0 Å². The van der Waals surface area contributed by atoms with Crippen LogP contribution in [0.1, 0.15) is 51.9 Å². The van der Waals surface area contributed by atoms with E-state index in [1.807, 2.05) is 0 Å². The van der Waals surface area contributed by atoms with E-state index in [1.165, 1.54) is 64.6 Å². The summed E-state index contributed by atoms with van der Waals surface area (Å²) in [5.41, 5.74) is 0. The third-order valence-electron chi connectivity index (χ3n) is 3.47. The molecular weight excluding hydrogens is 206 g/mol. The van der Waals surface area contributed by atoms with Crippen LogP contribution in [0.3, 0.4) is 0 Å². The average Bonchev–Trinajstić information content (AvgIpc) is 2.43. The first-order valence-corrected chi connectivity index (χ1v) is 7.14. The Bertz CT molecular complexity index is 149. The molecule has 0 aromatic rings. The van der Waals surface area contributed by atoms with Gasteiger partial charge in [0.1, 0.15) is 0 Å². The van der Waals surface area contributed by atoms with Gasteiger partial charge in [0, 0.05) is 5.88 Å². The van der Waals surface area contributed by atoms with Crippen LogP contribution >= 0.6 is 11.6 Å². The fraction of sp³-hybridized carbons (Fsp3) is 1.00. The van der Waals surface area contributed by atoms with Gasteiger partial charge in [0.15, 0.2) is 0 Å². The molecule has 15 heavy (non-hydrogen) atoms. The third kappa shape index (κ3) is 6.42. The summed E-state index contributed by atoms with van der Waals surface area (Å²) in [4.78, 5) is 2.66. The number of rotatable bonds is 6. The Balaban J connectivity index is 2.00. The van der Waals surface area contributed by atoms with E-state index in [0.29, 0.717) is 0 Å². The van der Waals surface area contributed by atoms with E-state index in [1.54, 1.807) is 0 Å². The summed E-state index contributed by atoms with van der Waals surface area (Å²) >= 11 is 5.66. The van der Waals surface area contributed by atoms with Crippen molar-refractivity contribution in [2.75, 3.05) is 25.5 Å². The van der Waals surface area contributed by atoms with Crippen molar-refractivity contribution in [2.24, 2.45) is 5.92 Å². The zero-order valence-electron chi connectivity index (χ0n) is 10.2. The van der Waals surface area contributed by atoms with Crippen molar-refractivity contribution in [3.63, 3.8) is 0 Å². The molecule has 0 aromatic carbocycles. The van der Waals surface area contributed by atoms with E-state index in [9.17, 15) is 0 Å². The molecule has 90 valence electrons. The summed E-state index contributed by atoms with van der Waals surface area (Å²) < 4.78 is 0. The summed E-state index contributed by atoms with van der Waals surface area (Å²) in [6, 6.07) is 0. The minimum absolute atomic E-state index is 0.835. The van der Waals surface area contributed by atoms with Crippen LogP contribution in [0.5, 0.6) is 0 Å². The molecule has 1 aliphatic rings. The van der Waals surface area contributed by atoms with Gasteiger partial charge in [-0.3, -0.25) is 0 Å². The van der Waals surface area contributed by atoms with Gasteiger partial charge in [0.25, 0.3) is 0 Å². The van der Waals surface area contributed by atoms with Crippen molar-refractivity contribution in [2.45, 2.75) is 51.9 Å². The Hall–Kier alpha value is 0.250. The van der Waals surface area contributed by atoms with Gasteiger partial charge < -0.3 is 4.90 Å². The smallest absolute Gasteiger partial charge is 0.0223 e. The molecule has 0 aliphatic carbocycles. The second-order valence-electron chi connectivity index (χ2n) is 4.98. The molecule has 1 saturated heterocycles. The molecular formula is C13H26ClN. The molecule has 1 fully saturated rings. The lowest BCUT2D eigenvalue weighted by Gasteiger charge is -2.19. The molecule has 1 atom stereocenters. The van der Waals surface area contributed by atoms with Crippen LogP contribution in [0.25, 0.3) is 0 Å². The minimum Gasteiger partial charge on any atom is -0.303 e. The molecule has 0 spiro atoms. The van der Waals surface area contributed by atoms with E-state index in [4.69, 9.17) is 11.6 Å². The topological polar surface area (TPSA) is 3.24 Å². The number of likely N-dealkylation sites (tertiary alicyclic amines) is 1. The second kappa shape index (κ2) is 8.41. The van der Waals surface area contributed by atoms with E-state index < -0.39 is 0 Å². The highest BCUT2D eigenvalue weighted by Gasteiger charge is 2.12. The maximum atomic E-state index is 5.66. The number of hydrogen-bond donors (Lipinski definition) is 0. The van der Waals surface area contributed by atoms with E-state index in [0.717, 1.165) is 11.8 Å². The maximum Gasteiger partial charge on any atom is 0.0223 e. The number of hydrogen-bond acceptors (Lipinski definition) is 1. The van der Waals surface area contributed by atoms with Crippen molar-refractivity contribution >= 4 is 11.6 Å². The summed E-state index contributed by atoms with van der Waals surface area (Å²) in [7, 11) is 0. The van der Waals surface area contributed by atoms with Crippen LogP contribution in [0, 0.1) is 5.92 Å². The second-order valence-corrected chi connectivity index (χ2v) is 5.36. The molecule has 0 N–H and O–H groups in total. The largest absolute Gasteiger partial charge is 0.303 e. The van der Waals surface area contributed by atoms with E-state index in [2.05, 4.69) is 11.8 Å². The highest BCUT2D eigenvalue weighted by Crippen LogP contribution is 2.16. The molecule has 1 rings (SSSR count). The number of halogens is 1. The monoisotopic (exact) mass is 231 g/mol. The molecule has 1 aliphatic heterocycles. The molecule has 1 nitrogen and oxygen atoms in total. The number of nitrogens with zero attached hydrogens (tertiary/aromatic N) is 1. The SMILES string of the molecule is CC1CCCN(CCCCCCCl)CC1. The van der Waals surface area contributed by atoms with Gasteiger partial charge in [-0.1, -0.05) is 19.8 Å². The molecule has 1 unspecified atom stereocenters. The van der Waals surface area contributed by atoms with Gasteiger partial charge >= 0.3 is 0 Å². The Morgan fingerprint density at radius 2 is 1.87 bits per heavy atom. The summed E-state index contributed by atoms with van der Waals surface area (Å²) in [6.07, 6.45) is 9.48. The number of unbranched alkanes of at least 4 members (excludes halogenated alkanes) is 3. The van der Waals surface area contributed by atoms with Crippen LogP contribution in [0.4, 0.5) is 0 Å². The van der Waals surface area contributed by atoms with Crippen molar-refractivity contribution in [3.05, 3.63) is 0 Å². The Morgan fingerprint density at radius 3 is 2.67 bits per heavy atom. The average molecular weight is 232 g/mol. The molecule has 0 saturated carbocycles. The molecule has 0 aromatic heterocycles. The molecule has 0 radical (unpaired) electrons. The lowest BCUT2D eigenvalue weighted by molar-refractivity contribution is 0.275. The fourth-order valence-electron chi connectivity index (χ4n) is 2.33. The van der Waals surface area contributed by atoms with Crippen LogP contribution in [-0.4, -0.2) is 30.4 Å². The highest BCUT2D eigenvalue weighted by molar-refractivity contribution is 6.17. The third-order valence-corrected chi connectivity index (χ3v) is 3.73. The van der Waals surface area contributed by atoms with Crippen molar-refractivity contribution in [1.82, 2.24) is 4.90 Å². The summed E-state index contributed by atoms with van der Waals surface area (Å²) in [6.45, 7) is 6.37. The first-order chi connectivity index (χ1) is 7.33. The van der Waals surface area contributed by atoms with Gasteiger partial charge in [0.05, 0.1) is 0 Å². The van der Waals surface area contributed by atoms with Crippen molar-refractivity contribution < 1.29 is 0 Å². The highest BCUT2D eigenvalue weighted by atomic mass is 35.5. The first kappa shape index (κ1) is 13.3. The standard InChI is InChI=1S/C13H26ClN/c1-13-7-6-11-15(12-8-13)10-5-3-2-4-9-14/h13H,2-12H2,1H3. The fourth-order valence-corrected chi connectivity index (χ4v) is 2.52. The van der Waals surface area contributed by atoms with Crippen molar-refractivity contribution in [3.8, 4) is 0 Å². The van der Waals surface area contributed by atoms with Crippen LogP contribution in [-0.2, 0) is 0 Å². The predicted molar refractivity (Wildman–Crippen MR) is 68.6 cm³/mol. The normalized spacial score (nSPS) is 24.0. The van der Waals surface area contributed by atoms with Gasteiger partial charge in [-0.15, -0.1) is 11.6 Å². The van der Waals surface area contributed by atoms with Gasteiger partial charge in [-0.2, -0.15) is 0 Å². The Labute approximate surface area is 100 Å². The summed E-state index contributed by atoms with van der Waals surface area (Å²) in [5, 5.41) is 0. The lowest BCUT2D eigenvalue weighted by Crippen LogP contribution is -2.25. The predicted octanol–water partition coefficient (Wildman–Crippen LogP) is 3.91. The zero-order chi connectivity index (χ0) is 10.9. The van der Waals surface area contributed by atoms with Gasteiger partial charge in [-0.05, 0) is 57.7 Å². The molecule has 1 heterocycles. The summed E-state index contributed by atoms with van der Waals surface area (Å²) in [5.74, 6) is 1.78. The molecule has 2 heteroatoms. The molecule has 0 amide bonds. The molecule has 0 bridgehead atoms. The minimum atomic E-state index is 0.835. The zero-order valence-corrected chi connectivity index (χ0v) is 10.9. The van der Waals surface area contributed by atoms with E-state index >= 15 is 0 Å². The van der Waals surface area contributed by atoms with Gasteiger partial charge in [-0.25, -0.2) is 0 Å². The van der Waals surface area contributed by atoms with Gasteiger partial charge in [0.2, 0.25) is 0 Å².